The monoisotopic (exact) mass is 402 g/mol. The number of benzene rings is 1. The second-order valence-corrected chi connectivity index (χ2v) is 8.57. The van der Waals surface area contributed by atoms with E-state index in [1.807, 2.05) is 42.2 Å². The first kappa shape index (κ1) is 18.1. The molecule has 0 aliphatic carbocycles. The van der Waals surface area contributed by atoms with Gasteiger partial charge < -0.3 is 9.32 Å². The summed E-state index contributed by atoms with van der Waals surface area (Å²) < 4.78 is 5.63. The minimum atomic E-state index is 0.0878. The Kier molecular flexibility index (Phi) is 4.68. The molecule has 4 aromatic rings. The Labute approximate surface area is 173 Å². The topological polar surface area (TPSA) is 46.3 Å². The molecular weight excluding hydrogens is 380 g/mol. The van der Waals surface area contributed by atoms with Gasteiger partial charge in [0.2, 0.25) is 0 Å². The van der Waals surface area contributed by atoms with Gasteiger partial charge in [-0.25, -0.2) is 0 Å². The molecule has 0 N–H and O–H groups in total. The van der Waals surface area contributed by atoms with Crippen molar-refractivity contribution in [1.82, 2.24) is 9.88 Å². The first-order chi connectivity index (χ1) is 14.2. The van der Waals surface area contributed by atoms with Crippen LogP contribution in [0.1, 0.15) is 40.6 Å². The fourth-order valence-electron chi connectivity index (χ4n) is 4.14. The highest BCUT2D eigenvalue weighted by Gasteiger charge is 2.26. The standard InChI is InChI=1S/C24H22N2O2S/c1-16-13-19-14-17(9-10-22(19)28-16)24(27)26-11-3-5-18(15-26)20-6-2-7-21(25-20)23-8-4-12-29-23/h2,4,6-10,12-14,18H,3,5,11,15H2,1H3/t18-/m1/s1. The number of aromatic nitrogens is 1. The van der Waals surface area contributed by atoms with E-state index >= 15 is 0 Å². The number of amides is 1. The summed E-state index contributed by atoms with van der Waals surface area (Å²) in [5.41, 5.74) is 3.64. The Morgan fingerprint density at radius 2 is 2.10 bits per heavy atom. The lowest BCUT2D eigenvalue weighted by Crippen LogP contribution is -2.39. The summed E-state index contributed by atoms with van der Waals surface area (Å²) in [5, 5.41) is 3.05. The van der Waals surface area contributed by atoms with E-state index in [0.717, 1.165) is 53.1 Å². The highest BCUT2D eigenvalue weighted by atomic mass is 32.1. The Morgan fingerprint density at radius 3 is 2.97 bits per heavy atom. The van der Waals surface area contributed by atoms with E-state index in [9.17, 15) is 4.79 Å². The number of aryl methyl sites for hydroxylation is 1. The van der Waals surface area contributed by atoms with Gasteiger partial charge in [-0.15, -0.1) is 11.3 Å². The van der Waals surface area contributed by atoms with Gasteiger partial charge in [0, 0.05) is 35.7 Å². The zero-order valence-electron chi connectivity index (χ0n) is 16.3. The van der Waals surface area contributed by atoms with Crippen molar-refractivity contribution in [3.63, 3.8) is 0 Å². The molecule has 4 nitrogen and oxygen atoms in total. The van der Waals surface area contributed by atoms with Crippen LogP contribution in [0.3, 0.4) is 0 Å². The predicted molar refractivity (Wildman–Crippen MR) is 116 cm³/mol. The number of furan rings is 1. The molecule has 4 heterocycles. The maximum Gasteiger partial charge on any atom is 0.253 e. The number of fused-ring (bicyclic) bond motifs is 1. The average Bonchev–Trinajstić information content (AvgIpc) is 3.42. The minimum absolute atomic E-state index is 0.0878. The van der Waals surface area contributed by atoms with E-state index < -0.39 is 0 Å². The molecule has 0 saturated carbocycles. The van der Waals surface area contributed by atoms with Gasteiger partial charge in [0.05, 0.1) is 10.6 Å². The Morgan fingerprint density at radius 1 is 1.17 bits per heavy atom. The molecule has 29 heavy (non-hydrogen) atoms. The van der Waals surface area contributed by atoms with Crippen LogP contribution in [0.15, 0.2) is 64.4 Å². The van der Waals surface area contributed by atoms with Crippen LogP contribution in [0.5, 0.6) is 0 Å². The van der Waals surface area contributed by atoms with Crippen molar-refractivity contribution in [3.05, 3.63) is 77.0 Å². The lowest BCUT2D eigenvalue weighted by molar-refractivity contribution is 0.0706. The first-order valence-electron chi connectivity index (χ1n) is 9.98. The van der Waals surface area contributed by atoms with Gasteiger partial charge in [-0.2, -0.15) is 0 Å². The number of rotatable bonds is 3. The normalized spacial score (nSPS) is 17.0. The van der Waals surface area contributed by atoms with Gasteiger partial charge in [0.15, 0.2) is 0 Å². The summed E-state index contributed by atoms with van der Waals surface area (Å²) >= 11 is 1.70. The van der Waals surface area contributed by atoms with Crippen LogP contribution in [-0.2, 0) is 0 Å². The molecule has 1 fully saturated rings. The van der Waals surface area contributed by atoms with Crippen molar-refractivity contribution >= 4 is 28.2 Å². The number of nitrogens with zero attached hydrogens (tertiary/aromatic N) is 2. The van der Waals surface area contributed by atoms with Gasteiger partial charge in [-0.05, 0) is 67.6 Å². The summed E-state index contributed by atoms with van der Waals surface area (Å²) in [5.74, 6) is 1.22. The number of likely N-dealkylation sites (tertiary alicyclic amines) is 1. The number of piperidine rings is 1. The maximum absolute atomic E-state index is 13.2. The molecule has 1 aliphatic heterocycles. The Bertz CT molecular complexity index is 1160. The highest BCUT2D eigenvalue weighted by molar-refractivity contribution is 7.13. The van der Waals surface area contributed by atoms with Crippen molar-refractivity contribution in [2.45, 2.75) is 25.7 Å². The smallest absolute Gasteiger partial charge is 0.253 e. The molecular formula is C24H22N2O2S. The van der Waals surface area contributed by atoms with Gasteiger partial charge in [-0.3, -0.25) is 9.78 Å². The molecule has 0 radical (unpaired) electrons. The first-order valence-corrected chi connectivity index (χ1v) is 10.9. The largest absolute Gasteiger partial charge is 0.461 e. The molecule has 146 valence electrons. The summed E-state index contributed by atoms with van der Waals surface area (Å²) in [6.07, 6.45) is 2.05. The number of carbonyl (C=O) groups is 1. The average molecular weight is 403 g/mol. The molecule has 0 unspecified atom stereocenters. The third kappa shape index (κ3) is 3.58. The number of hydrogen-bond donors (Lipinski definition) is 0. The third-order valence-corrected chi connectivity index (χ3v) is 6.45. The molecule has 5 rings (SSSR count). The zero-order chi connectivity index (χ0) is 19.8. The van der Waals surface area contributed by atoms with Crippen molar-refractivity contribution < 1.29 is 9.21 Å². The van der Waals surface area contributed by atoms with Crippen molar-refractivity contribution in [1.29, 1.82) is 0 Å². The van der Waals surface area contributed by atoms with E-state index in [1.54, 1.807) is 11.3 Å². The Hall–Kier alpha value is -2.92. The second-order valence-electron chi connectivity index (χ2n) is 7.62. The van der Waals surface area contributed by atoms with E-state index in [1.165, 1.54) is 4.88 Å². The van der Waals surface area contributed by atoms with Crippen molar-refractivity contribution in [2.24, 2.45) is 0 Å². The van der Waals surface area contributed by atoms with Gasteiger partial charge in [-0.1, -0.05) is 12.1 Å². The fraction of sp³-hybridized carbons (Fsp3) is 0.250. The number of pyridine rings is 1. The van der Waals surface area contributed by atoms with Crippen LogP contribution in [0.2, 0.25) is 0 Å². The van der Waals surface area contributed by atoms with Crippen LogP contribution >= 0.6 is 11.3 Å². The van der Waals surface area contributed by atoms with Gasteiger partial charge in [0.25, 0.3) is 5.91 Å². The number of carbonyl (C=O) groups excluding carboxylic acids is 1. The predicted octanol–water partition coefficient (Wildman–Crippen LogP) is 5.88. The van der Waals surface area contributed by atoms with Crippen LogP contribution in [-0.4, -0.2) is 28.9 Å². The molecule has 0 spiro atoms. The molecule has 3 aromatic heterocycles. The van der Waals surface area contributed by atoms with Crippen LogP contribution in [0.25, 0.3) is 21.5 Å². The van der Waals surface area contributed by atoms with Crippen LogP contribution < -0.4 is 0 Å². The molecule has 1 aliphatic rings. The quantitative estimate of drug-likeness (QED) is 0.430. The number of hydrogen-bond acceptors (Lipinski definition) is 4. The fourth-order valence-corrected chi connectivity index (χ4v) is 4.83. The molecule has 1 atom stereocenters. The van der Waals surface area contributed by atoms with Crippen LogP contribution in [0, 0.1) is 6.92 Å². The van der Waals surface area contributed by atoms with E-state index in [4.69, 9.17) is 9.40 Å². The highest BCUT2D eigenvalue weighted by Crippen LogP contribution is 2.30. The zero-order valence-corrected chi connectivity index (χ0v) is 17.1. The van der Waals surface area contributed by atoms with Crippen molar-refractivity contribution in [2.75, 3.05) is 13.1 Å². The summed E-state index contributed by atoms with van der Waals surface area (Å²) in [6, 6.07) is 18.1. The maximum atomic E-state index is 13.2. The molecule has 1 saturated heterocycles. The third-order valence-electron chi connectivity index (χ3n) is 5.56. The molecule has 0 bridgehead atoms. The molecule has 5 heteroatoms. The summed E-state index contributed by atoms with van der Waals surface area (Å²) in [4.78, 5) is 21.2. The number of thiophene rings is 1. The van der Waals surface area contributed by atoms with Gasteiger partial charge in [0.1, 0.15) is 11.3 Å². The lowest BCUT2D eigenvalue weighted by atomic mass is 9.93. The Balaban J connectivity index is 1.37. The van der Waals surface area contributed by atoms with E-state index in [-0.39, 0.29) is 11.8 Å². The van der Waals surface area contributed by atoms with Gasteiger partial charge >= 0.3 is 0 Å². The van der Waals surface area contributed by atoms with Crippen LogP contribution in [0.4, 0.5) is 0 Å². The summed E-state index contributed by atoms with van der Waals surface area (Å²) in [7, 11) is 0. The lowest BCUT2D eigenvalue weighted by Gasteiger charge is -2.32. The SMILES string of the molecule is Cc1cc2cc(C(=O)N3CCC[C@@H](c4cccc(-c5cccs5)n4)C3)ccc2o1. The van der Waals surface area contributed by atoms with E-state index in [0.29, 0.717) is 6.54 Å². The molecule has 1 aromatic carbocycles. The second kappa shape index (κ2) is 7.48. The minimum Gasteiger partial charge on any atom is -0.461 e. The van der Waals surface area contributed by atoms with Crippen molar-refractivity contribution in [3.8, 4) is 10.6 Å². The summed E-state index contributed by atoms with van der Waals surface area (Å²) in [6.45, 7) is 3.43. The molecule has 1 amide bonds. The van der Waals surface area contributed by atoms with E-state index in [2.05, 4.69) is 29.6 Å².